The summed E-state index contributed by atoms with van der Waals surface area (Å²) in [7, 11) is 7.50. The van der Waals surface area contributed by atoms with Crippen LogP contribution in [0.25, 0.3) is 22.2 Å². The Morgan fingerprint density at radius 2 is 1.78 bits per heavy atom. The molecule has 244 valence electrons. The van der Waals surface area contributed by atoms with Crippen LogP contribution in [-0.2, 0) is 9.53 Å². The minimum absolute atomic E-state index is 0.0928. The molecule has 2 aromatic carbocycles. The second-order valence-corrected chi connectivity index (χ2v) is 11.6. The second-order valence-electron chi connectivity index (χ2n) is 11.6. The Balaban J connectivity index is 1.84. The van der Waals surface area contributed by atoms with E-state index in [0.29, 0.717) is 34.9 Å². The van der Waals surface area contributed by atoms with E-state index in [1.165, 1.54) is 12.3 Å². The Hall–Kier alpha value is -5.10. The van der Waals surface area contributed by atoms with Gasteiger partial charge in [0.05, 0.1) is 47.7 Å². The topological polar surface area (TPSA) is 123 Å². The van der Waals surface area contributed by atoms with Gasteiger partial charge < -0.3 is 34.7 Å². The van der Waals surface area contributed by atoms with Crippen LogP contribution in [-0.4, -0.2) is 85.0 Å². The fourth-order valence-corrected chi connectivity index (χ4v) is 4.75. The molecule has 12 heteroatoms. The summed E-state index contributed by atoms with van der Waals surface area (Å²) in [5.41, 5.74) is 3.86. The Morgan fingerprint density at radius 1 is 1.04 bits per heavy atom. The molecule has 0 aliphatic heterocycles. The first-order chi connectivity index (χ1) is 21.9. The number of carbonyl (C=O) groups is 2. The van der Waals surface area contributed by atoms with Crippen LogP contribution >= 0.6 is 0 Å². The molecule has 0 fully saturated rings. The van der Waals surface area contributed by atoms with Crippen molar-refractivity contribution < 1.29 is 23.9 Å². The number of rotatable bonds is 14. The quantitative estimate of drug-likeness (QED) is 0.139. The summed E-state index contributed by atoms with van der Waals surface area (Å²) < 4.78 is 13.0. The summed E-state index contributed by atoms with van der Waals surface area (Å²) in [5, 5.41) is 6.97. The molecular weight excluding hydrogens is 586 g/mol. The molecule has 0 aliphatic rings. The highest BCUT2D eigenvalue weighted by atomic mass is 16.7. The van der Waals surface area contributed by atoms with Crippen molar-refractivity contribution in [3.63, 3.8) is 0 Å². The smallest absolute Gasteiger partial charge is 0.342 e. The van der Waals surface area contributed by atoms with Gasteiger partial charge in [-0.05, 0) is 60.0 Å². The molecule has 0 saturated heterocycles. The van der Waals surface area contributed by atoms with E-state index in [9.17, 15) is 9.59 Å². The van der Waals surface area contributed by atoms with E-state index in [0.717, 1.165) is 23.1 Å². The average Bonchev–Trinajstić information content (AvgIpc) is 3.37. The number of ether oxygens (including phenoxy) is 2. The largest absolute Gasteiger partial charge is 0.494 e. The molecule has 0 aliphatic carbocycles. The SMILES string of the molecule is C=CC(=O)Nc1cc(Nc2ncc(C(=O)OC(C)C)c(-c3cn(OC(C)C)c4ccccc34)n2)c(OC)cc1N(C)CCN(C)C. The first-order valence-electron chi connectivity index (χ1n) is 15.1. The highest BCUT2D eigenvalue weighted by Gasteiger charge is 2.24. The number of benzene rings is 2. The van der Waals surface area contributed by atoms with Crippen molar-refractivity contribution in [2.45, 2.75) is 39.9 Å². The van der Waals surface area contributed by atoms with Crippen LogP contribution in [0, 0.1) is 0 Å². The minimum atomic E-state index is -0.546. The van der Waals surface area contributed by atoms with Gasteiger partial charge in [0, 0.05) is 43.4 Å². The maximum Gasteiger partial charge on any atom is 0.342 e. The van der Waals surface area contributed by atoms with Crippen molar-refractivity contribution in [2.75, 3.05) is 56.9 Å². The van der Waals surface area contributed by atoms with E-state index in [1.54, 1.807) is 31.8 Å². The third kappa shape index (κ3) is 7.94. The number of hydrogen-bond acceptors (Lipinski definition) is 10. The Labute approximate surface area is 269 Å². The molecule has 46 heavy (non-hydrogen) atoms. The van der Waals surface area contributed by atoms with Crippen molar-refractivity contribution in [3.8, 4) is 17.0 Å². The van der Waals surface area contributed by atoms with Crippen LogP contribution in [0.15, 0.2) is 61.4 Å². The molecule has 0 spiro atoms. The van der Waals surface area contributed by atoms with Crippen LogP contribution in [0.1, 0.15) is 38.1 Å². The monoisotopic (exact) mass is 629 g/mol. The number of carbonyl (C=O) groups excluding carboxylic acids is 2. The highest BCUT2D eigenvalue weighted by Crippen LogP contribution is 2.39. The zero-order chi connectivity index (χ0) is 33.5. The molecule has 2 N–H and O–H groups in total. The number of para-hydroxylation sites is 1. The second kappa shape index (κ2) is 14.8. The molecule has 4 rings (SSSR count). The van der Waals surface area contributed by atoms with Crippen molar-refractivity contribution in [1.29, 1.82) is 0 Å². The summed E-state index contributed by atoms with van der Waals surface area (Å²) in [6.07, 6.45) is 4.03. The highest BCUT2D eigenvalue weighted by molar-refractivity contribution is 6.03. The predicted molar refractivity (Wildman–Crippen MR) is 182 cm³/mol. The maximum absolute atomic E-state index is 13.3. The van der Waals surface area contributed by atoms with Crippen molar-refractivity contribution in [2.24, 2.45) is 0 Å². The fourth-order valence-electron chi connectivity index (χ4n) is 4.75. The van der Waals surface area contributed by atoms with Gasteiger partial charge in [-0.1, -0.05) is 24.8 Å². The van der Waals surface area contributed by atoms with Crippen LogP contribution in [0.5, 0.6) is 5.75 Å². The van der Waals surface area contributed by atoms with Gasteiger partial charge in [0.1, 0.15) is 17.4 Å². The van der Waals surface area contributed by atoms with Gasteiger partial charge in [-0.25, -0.2) is 14.8 Å². The van der Waals surface area contributed by atoms with Crippen molar-refractivity contribution in [1.82, 2.24) is 19.6 Å². The number of nitrogens with one attached hydrogen (secondary N) is 2. The van der Waals surface area contributed by atoms with Crippen LogP contribution in [0.4, 0.5) is 23.0 Å². The van der Waals surface area contributed by atoms with Gasteiger partial charge >= 0.3 is 5.97 Å². The number of hydrogen-bond donors (Lipinski definition) is 2. The first-order valence-corrected chi connectivity index (χ1v) is 15.1. The Bertz CT molecular complexity index is 1710. The average molecular weight is 630 g/mol. The van der Waals surface area contributed by atoms with Gasteiger partial charge in [-0.15, -0.1) is 0 Å². The standard InChI is InChI=1S/C34H43N7O5/c1-10-31(42)36-26-17-27(30(44-9)18-29(26)40(8)16-15-39(6)7)37-34-35-19-24(33(43)45-21(2)3)32(38-34)25-20-41(46-22(4)5)28-14-12-11-13-23(25)28/h10-14,17-22H,1,15-16H2,2-9H3,(H,36,42)(H,35,37,38). The number of esters is 1. The molecule has 0 unspecified atom stereocenters. The Morgan fingerprint density at radius 3 is 2.43 bits per heavy atom. The molecule has 2 aromatic heterocycles. The Kier molecular flexibility index (Phi) is 10.9. The van der Waals surface area contributed by atoms with Gasteiger partial charge in [0.2, 0.25) is 11.9 Å². The van der Waals surface area contributed by atoms with Gasteiger partial charge in [0.25, 0.3) is 0 Å². The van der Waals surface area contributed by atoms with Crippen molar-refractivity contribution >= 4 is 45.8 Å². The van der Waals surface area contributed by atoms with Crippen molar-refractivity contribution in [3.05, 3.63) is 67.0 Å². The van der Waals surface area contributed by atoms with E-state index in [1.807, 2.05) is 76.4 Å². The number of aromatic nitrogens is 3. The van der Waals surface area contributed by atoms with Gasteiger partial charge in [-0.3, -0.25) is 4.79 Å². The molecule has 0 atom stereocenters. The van der Waals surface area contributed by atoms with Gasteiger partial charge in [0.15, 0.2) is 0 Å². The molecule has 0 radical (unpaired) electrons. The summed E-state index contributed by atoms with van der Waals surface area (Å²) in [5.74, 6) is -0.204. The number of nitrogens with zero attached hydrogens (tertiary/aromatic N) is 5. The number of anilines is 4. The number of likely N-dealkylation sites (N-methyl/N-ethyl adjacent to an activating group) is 2. The fraction of sp³-hybridized carbons (Fsp3) is 0.353. The third-order valence-electron chi connectivity index (χ3n) is 6.91. The third-order valence-corrected chi connectivity index (χ3v) is 6.91. The lowest BCUT2D eigenvalue weighted by molar-refractivity contribution is -0.111. The molecule has 12 nitrogen and oxygen atoms in total. The van der Waals surface area contributed by atoms with Crippen LogP contribution in [0.3, 0.4) is 0 Å². The summed E-state index contributed by atoms with van der Waals surface area (Å²) >= 11 is 0. The zero-order valence-corrected chi connectivity index (χ0v) is 27.7. The lowest BCUT2D eigenvalue weighted by Crippen LogP contribution is -2.29. The van der Waals surface area contributed by atoms with E-state index < -0.39 is 5.97 Å². The number of amides is 1. The van der Waals surface area contributed by atoms with Gasteiger partial charge in [-0.2, -0.15) is 4.73 Å². The minimum Gasteiger partial charge on any atom is -0.494 e. The normalized spacial score (nSPS) is 11.2. The maximum atomic E-state index is 13.3. The molecule has 1 amide bonds. The van der Waals surface area contributed by atoms with Crippen LogP contribution in [0.2, 0.25) is 0 Å². The van der Waals surface area contributed by atoms with E-state index in [-0.39, 0.29) is 29.6 Å². The lowest BCUT2D eigenvalue weighted by atomic mass is 10.1. The molecule has 4 aromatic rings. The van der Waals surface area contributed by atoms with E-state index in [2.05, 4.69) is 27.1 Å². The molecule has 0 bridgehead atoms. The molecule has 2 heterocycles. The zero-order valence-electron chi connectivity index (χ0n) is 27.7. The predicted octanol–water partition coefficient (Wildman–Crippen LogP) is 5.38. The molecular formula is C34H43N7O5. The lowest BCUT2D eigenvalue weighted by Gasteiger charge is -2.26. The summed E-state index contributed by atoms with van der Waals surface area (Å²) in [6, 6.07) is 11.3. The number of fused-ring (bicyclic) bond motifs is 1. The summed E-state index contributed by atoms with van der Waals surface area (Å²) in [6.45, 7) is 12.5. The van der Waals surface area contributed by atoms with E-state index in [4.69, 9.17) is 19.3 Å². The first kappa shape index (κ1) is 33.8. The van der Waals surface area contributed by atoms with Crippen LogP contribution < -0.4 is 25.1 Å². The van der Waals surface area contributed by atoms with E-state index >= 15 is 0 Å². The summed E-state index contributed by atoms with van der Waals surface area (Å²) in [4.78, 5) is 45.1. The molecule has 0 saturated carbocycles. The number of methoxy groups -OCH3 is 1.